The molecule has 0 aliphatic carbocycles. The van der Waals surface area contributed by atoms with E-state index in [4.69, 9.17) is 5.73 Å². The van der Waals surface area contributed by atoms with Crippen LogP contribution in [0.2, 0.25) is 0 Å². The van der Waals surface area contributed by atoms with Crippen molar-refractivity contribution in [2.24, 2.45) is 5.73 Å². The fourth-order valence-electron chi connectivity index (χ4n) is 2.99. The Morgan fingerprint density at radius 3 is 1.26 bits per heavy atom. The smallest absolute Gasteiger partial charge is 0.0688 e. The van der Waals surface area contributed by atoms with Gasteiger partial charge in [-0.05, 0) is 13.3 Å². The molecule has 0 aromatic heterocycles. The zero-order chi connectivity index (χ0) is 16.5. The molecule has 0 saturated carbocycles. The van der Waals surface area contributed by atoms with Crippen LogP contribution in [0.5, 0.6) is 0 Å². The molecular weight excluding hydrogens is 306 g/mol. The lowest BCUT2D eigenvalue weighted by atomic mass is 10.0. The topological polar surface area (TPSA) is 46.2 Å². The van der Waals surface area contributed by atoms with Crippen molar-refractivity contribution >= 4 is 12.4 Å². The lowest BCUT2D eigenvalue weighted by Crippen LogP contribution is -2.31. The van der Waals surface area contributed by atoms with Gasteiger partial charge in [0.2, 0.25) is 0 Å². The fraction of sp³-hybridized carbons (Fsp3) is 1.00. The van der Waals surface area contributed by atoms with Crippen molar-refractivity contribution in [1.29, 1.82) is 0 Å². The summed E-state index contributed by atoms with van der Waals surface area (Å²) in [6.45, 7) is 4.17. The molecule has 0 spiro atoms. The van der Waals surface area contributed by atoms with Crippen LogP contribution in [0.25, 0.3) is 0 Å². The third-order valence-electron chi connectivity index (χ3n) is 4.71. The van der Waals surface area contributed by atoms with Gasteiger partial charge in [0.1, 0.15) is 0 Å². The van der Waals surface area contributed by atoms with Crippen molar-refractivity contribution < 1.29 is 5.11 Å². The molecule has 0 radical (unpaired) electrons. The van der Waals surface area contributed by atoms with Gasteiger partial charge in [0.05, 0.1) is 6.10 Å². The second kappa shape index (κ2) is 20.3. The molecule has 0 bridgehead atoms. The predicted molar refractivity (Wildman–Crippen MR) is 106 cm³/mol. The summed E-state index contributed by atoms with van der Waals surface area (Å²) in [5.74, 6) is 0. The van der Waals surface area contributed by atoms with Gasteiger partial charge in [0, 0.05) is 6.04 Å². The van der Waals surface area contributed by atoms with E-state index in [9.17, 15) is 5.11 Å². The van der Waals surface area contributed by atoms with Crippen molar-refractivity contribution in [3.05, 3.63) is 0 Å². The number of unbranched alkanes of at least 4 members (excludes halogenated alkanes) is 14. The highest BCUT2D eigenvalue weighted by atomic mass is 35.5. The standard InChI is InChI=1S/C20H43NO.ClH/c1-3-4-5-6-7-8-9-10-11-12-13-14-15-16-17-18-20(22)19(2)21;/h19-20,22H,3-18,21H2,1-2H3;1H/t19-,20+;/m0./s1. The first kappa shape index (κ1) is 25.5. The van der Waals surface area contributed by atoms with E-state index in [1.54, 1.807) is 0 Å². The molecule has 142 valence electrons. The van der Waals surface area contributed by atoms with Gasteiger partial charge in [-0.3, -0.25) is 0 Å². The molecule has 2 atom stereocenters. The Morgan fingerprint density at radius 2 is 0.957 bits per heavy atom. The number of aliphatic hydroxyl groups is 1. The molecule has 2 nitrogen and oxygen atoms in total. The van der Waals surface area contributed by atoms with E-state index in [0.29, 0.717) is 0 Å². The number of halogens is 1. The Bertz CT molecular complexity index is 212. The normalized spacial score (nSPS) is 13.6. The van der Waals surface area contributed by atoms with Crippen LogP contribution < -0.4 is 5.73 Å². The lowest BCUT2D eigenvalue weighted by Gasteiger charge is -2.13. The number of aliphatic hydroxyl groups excluding tert-OH is 1. The Kier molecular flexibility index (Phi) is 22.4. The Hall–Kier alpha value is 0.210. The number of hydrogen-bond donors (Lipinski definition) is 2. The Labute approximate surface area is 152 Å². The van der Waals surface area contributed by atoms with Crippen LogP contribution in [-0.2, 0) is 0 Å². The van der Waals surface area contributed by atoms with E-state index in [1.807, 2.05) is 6.92 Å². The van der Waals surface area contributed by atoms with Gasteiger partial charge >= 0.3 is 0 Å². The predicted octanol–water partition coefficient (Wildman–Crippen LogP) is 6.38. The fourth-order valence-corrected chi connectivity index (χ4v) is 2.99. The highest BCUT2D eigenvalue weighted by Gasteiger charge is 2.07. The molecule has 0 aromatic carbocycles. The SMILES string of the molecule is CCCCCCCCCCCCCCCCC[C@@H](O)[C@H](C)N.Cl. The molecule has 0 aliphatic rings. The minimum Gasteiger partial charge on any atom is -0.392 e. The summed E-state index contributed by atoms with van der Waals surface area (Å²) in [5, 5.41) is 9.61. The molecule has 3 N–H and O–H groups in total. The van der Waals surface area contributed by atoms with Gasteiger partial charge in [0.15, 0.2) is 0 Å². The van der Waals surface area contributed by atoms with Crippen molar-refractivity contribution in [1.82, 2.24) is 0 Å². The van der Waals surface area contributed by atoms with Crippen molar-refractivity contribution in [3.8, 4) is 0 Å². The number of rotatable bonds is 17. The molecule has 0 heterocycles. The van der Waals surface area contributed by atoms with Crippen molar-refractivity contribution in [3.63, 3.8) is 0 Å². The van der Waals surface area contributed by atoms with Crippen LogP contribution in [-0.4, -0.2) is 17.3 Å². The van der Waals surface area contributed by atoms with Crippen molar-refractivity contribution in [2.75, 3.05) is 0 Å². The molecule has 0 amide bonds. The van der Waals surface area contributed by atoms with Crippen LogP contribution in [0, 0.1) is 0 Å². The van der Waals surface area contributed by atoms with Crippen LogP contribution in [0.4, 0.5) is 0 Å². The lowest BCUT2D eigenvalue weighted by molar-refractivity contribution is 0.138. The first-order valence-corrected chi connectivity index (χ1v) is 10.1. The minimum atomic E-state index is -0.304. The van der Waals surface area contributed by atoms with Crippen LogP contribution in [0.1, 0.15) is 117 Å². The zero-order valence-corrected chi connectivity index (χ0v) is 16.7. The maximum absolute atomic E-state index is 9.61. The quantitative estimate of drug-likeness (QED) is 0.299. The van der Waals surface area contributed by atoms with E-state index in [1.165, 1.54) is 89.9 Å². The summed E-state index contributed by atoms with van der Waals surface area (Å²) in [6, 6.07) is -0.0772. The molecule has 0 rings (SSSR count). The Balaban J connectivity index is 0. The second-order valence-electron chi connectivity index (χ2n) is 7.16. The highest BCUT2D eigenvalue weighted by molar-refractivity contribution is 5.85. The monoisotopic (exact) mass is 349 g/mol. The summed E-state index contributed by atoms with van der Waals surface area (Å²) in [7, 11) is 0. The molecule has 23 heavy (non-hydrogen) atoms. The summed E-state index contributed by atoms with van der Waals surface area (Å²) >= 11 is 0. The maximum Gasteiger partial charge on any atom is 0.0688 e. The summed E-state index contributed by atoms with van der Waals surface area (Å²) < 4.78 is 0. The average molecular weight is 350 g/mol. The first-order chi connectivity index (χ1) is 10.7. The first-order valence-electron chi connectivity index (χ1n) is 10.1. The maximum atomic E-state index is 9.61. The van der Waals surface area contributed by atoms with Gasteiger partial charge in [-0.15, -0.1) is 12.4 Å². The summed E-state index contributed by atoms with van der Waals surface area (Å²) in [6.07, 6.45) is 21.3. The van der Waals surface area contributed by atoms with Gasteiger partial charge in [-0.2, -0.15) is 0 Å². The third kappa shape index (κ3) is 20.2. The van der Waals surface area contributed by atoms with Gasteiger partial charge in [-0.1, -0.05) is 103 Å². The van der Waals surface area contributed by atoms with E-state index in [-0.39, 0.29) is 24.6 Å². The molecule has 0 fully saturated rings. The second-order valence-corrected chi connectivity index (χ2v) is 7.16. The van der Waals surface area contributed by atoms with E-state index in [0.717, 1.165) is 12.8 Å². The van der Waals surface area contributed by atoms with Crippen LogP contribution in [0.15, 0.2) is 0 Å². The Morgan fingerprint density at radius 1 is 0.652 bits per heavy atom. The van der Waals surface area contributed by atoms with E-state index in [2.05, 4.69) is 6.92 Å². The highest BCUT2D eigenvalue weighted by Crippen LogP contribution is 2.14. The van der Waals surface area contributed by atoms with Crippen LogP contribution in [0.3, 0.4) is 0 Å². The molecule has 0 aromatic rings. The number of nitrogens with two attached hydrogens (primary N) is 1. The summed E-state index contributed by atoms with van der Waals surface area (Å²) in [5.41, 5.74) is 5.65. The molecule has 0 aliphatic heterocycles. The molecular formula is C20H44ClNO. The largest absolute Gasteiger partial charge is 0.392 e. The van der Waals surface area contributed by atoms with Crippen molar-refractivity contribution in [2.45, 2.75) is 129 Å². The third-order valence-corrected chi connectivity index (χ3v) is 4.71. The molecule has 0 saturated heterocycles. The van der Waals surface area contributed by atoms with Gasteiger partial charge in [-0.25, -0.2) is 0 Å². The summed E-state index contributed by atoms with van der Waals surface area (Å²) in [4.78, 5) is 0. The zero-order valence-electron chi connectivity index (χ0n) is 15.9. The van der Waals surface area contributed by atoms with E-state index < -0.39 is 0 Å². The minimum absolute atomic E-state index is 0. The van der Waals surface area contributed by atoms with Gasteiger partial charge < -0.3 is 10.8 Å². The van der Waals surface area contributed by atoms with E-state index >= 15 is 0 Å². The van der Waals surface area contributed by atoms with Crippen LogP contribution >= 0.6 is 12.4 Å². The average Bonchev–Trinajstić information content (AvgIpc) is 2.50. The van der Waals surface area contributed by atoms with Gasteiger partial charge in [0.25, 0.3) is 0 Å². The molecule has 3 heteroatoms. The number of hydrogen-bond acceptors (Lipinski definition) is 2. The molecule has 0 unspecified atom stereocenters.